The van der Waals surface area contributed by atoms with Crippen molar-refractivity contribution >= 4 is 6.29 Å². The average molecular weight is 172 g/mol. The van der Waals surface area contributed by atoms with E-state index in [0.717, 1.165) is 12.1 Å². The summed E-state index contributed by atoms with van der Waals surface area (Å²) in [6.45, 7) is 0. The molecule has 2 heterocycles. The topological polar surface area (TPSA) is 34.9 Å². The second kappa shape index (κ2) is 3.23. The van der Waals surface area contributed by atoms with Crippen LogP contribution in [-0.4, -0.2) is 15.8 Å². The fourth-order valence-electron chi connectivity index (χ4n) is 1.20. The summed E-state index contributed by atoms with van der Waals surface area (Å²) in [6, 6.07) is 9.15. The first-order valence-electron chi connectivity index (χ1n) is 3.96. The zero-order valence-electron chi connectivity index (χ0n) is 6.92. The molecule has 0 fully saturated rings. The molecule has 0 spiro atoms. The standard InChI is InChI=1S/C10H8N2O/c13-8-9-4-3-7-12(9)10-5-1-2-6-11-10/h1-8H. The van der Waals surface area contributed by atoms with Gasteiger partial charge in [-0.3, -0.25) is 9.36 Å². The maximum Gasteiger partial charge on any atom is 0.166 e. The molecule has 2 aromatic rings. The van der Waals surface area contributed by atoms with E-state index in [1.807, 2.05) is 30.5 Å². The van der Waals surface area contributed by atoms with Crippen molar-refractivity contribution in [2.24, 2.45) is 0 Å². The van der Waals surface area contributed by atoms with E-state index < -0.39 is 0 Å². The van der Waals surface area contributed by atoms with Gasteiger partial charge in [-0.25, -0.2) is 4.98 Å². The van der Waals surface area contributed by atoms with Gasteiger partial charge in [0.05, 0.1) is 5.69 Å². The smallest absolute Gasteiger partial charge is 0.166 e. The molecule has 0 unspecified atom stereocenters. The van der Waals surface area contributed by atoms with Crippen molar-refractivity contribution < 1.29 is 4.79 Å². The van der Waals surface area contributed by atoms with Crippen LogP contribution in [0.4, 0.5) is 0 Å². The number of aromatic nitrogens is 2. The third-order valence-corrected chi connectivity index (χ3v) is 1.80. The summed E-state index contributed by atoms with van der Waals surface area (Å²) in [5, 5.41) is 0. The van der Waals surface area contributed by atoms with Crippen molar-refractivity contribution in [3.05, 3.63) is 48.4 Å². The molecule has 3 nitrogen and oxygen atoms in total. The van der Waals surface area contributed by atoms with E-state index in [1.165, 1.54) is 0 Å². The lowest BCUT2D eigenvalue weighted by Crippen LogP contribution is -1.98. The van der Waals surface area contributed by atoms with E-state index in [0.29, 0.717) is 5.69 Å². The highest BCUT2D eigenvalue weighted by Crippen LogP contribution is 2.07. The maximum absolute atomic E-state index is 10.6. The van der Waals surface area contributed by atoms with Crippen LogP contribution in [0.1, 0.15) is 10.5 Å². The summed E-state index contributed by atoms with van der Waals surface area (Å²) in [5.41, 5.74) is 0.610. The SMILES string of the molecule is O=Cc1cccn1-c1ccccn1. The minimum atomic E-state index is 0.610. The number of hydrogen-bond donors (Lipinski definition) is 0. The van der Waals surface area contributed by atoms with E-state index in [1.54, 1.807) is 16.8 Å². The average Bonchev–Trinajstić information content (AvgIpc) is 2.67. The molecule has 0 aliphatic rings. The number of rotatable bonds is 2. The highest BCUT2D eigenvalue weighted by Gasteiger charge is 2.00. The number of aldehydes is 1. The first-order chi connectivity index (χ1) is 6.42. The molecule has 64 valence electrons. The third kappa shape index (κ3) is 1.36. The van der Waals surface area contributed by atoms with Crippen molar-refractivity contribution in [3.8, 4) is 5.82 Å². The van der Waals surface area contributed by atoms with Gasteiger partial charge in [0.1, 0.15) is 5.82 Å². The number of pyridine rings is 1. The van der Waals surface area contributed by atoms with Crippen LogP contribution in [0.2, 0.25) is 0 Å². The van der Waals surface area contributed by atoms with Gasteiger partial charge in [-0.15, -0.1) is 0 Å². The molecule has 2 aromatic heterocycles. The predicted molar refractivity (Wildman–Crippen MR) is 49.0 cm³/mol. The number of carbonyl (C=O) groups is 1. The Morgan fingerprint density at radius 3 is 2.85 bits per heavy atom. The summed E-state index contributed by atoms with van der Waals surface area (Å²) in [7, 11) is 0. The summed E-state index contributed by atoms with van der Waals surface area (Å²) in [4.78, 5) is 14.7. The highest BCUT2D eigenvalue weighted by atomic mass is 16.1. The molecule has 0 saturated carbocycles. The fraction of sp³-hybridized carbons (Fsp3) is 0. The molecule has 0 N–H and O–H groups in total. The van der Waals surface area contributed by atoms with E-state index >= 15 is 0 Å². The largest absolute Gasteiger partial charge is 0.299 e. The van der Waals surface area contributed by atoms with Crippen LogP contribution in [-0.2, 0) is 0 Å². The summed E-state index contributed by atoms with van der Waals surface area (Å²) < 4.78 is 1.74. The highest BCUT2D eigenvalue weighted by molar-refractivity contribution is 5.73. The van der Waals surface area contributed by atoms with Gasteiger partial charge >= 0.3 is 0 Å². The van der Waals surface area contributed by atoms with Gasteiger partial charge in [0, 0.05) is 12.4 Å². The van der Waals surface area contributed by atoms with Crippen molar-refractivity contribution in [3.63, 3.8) is 0 Å². The summed E-state index contributed by atoms with van der Waals surface area (Å²) in [6.07, 6.45) is 4.32. The minimum absolute atomic E-state index is 0.610. The molecule has 0 aromatic carbocycles. The van der Waals surface area contributed by atoms with Gasteiger partial charge in [-0.05, 0) is 24.3 Å². The van der Waals surface area contributed by atoms with Crippen molar-refractivity contribution in [1.29, 1.82) is 0 Å². The third-order valence-electron chi connectivity index (χ3n) is 1.80. The van der Waals surface area contributed by atoms with E-state index in [4.69, 9.17) is 0 Å². The Balaban J connectivity index is 2.52. The van der Waals surface area contributed by atoms with Crippen LogP contribution in [0.3, 0.4) is 0 Å². The molecule has 0 aliphatic heterocycles. The van der Waals surface area contributed by atoms with Crippen LogP contribution in [0.5, 0.6) is 0 Å². The lowest BCUT2D eigenvalue weighted by Gasteiger charge is -2.02. The first kappa shape index (κ1) is 7.73. The molecule has 2 rings (SSSR count). The molecule has 0 aliphatic carbocycles. The molecule has 0 bridgehead atoms. The van der Waals surface area contributed by atoms with Crippen LogP contribution < -0.4 is 0 Å². The van der Waals surface area contributed by atoms with Gasteiger partial charge in [-0.1, -0.05) is 6.07 Å². The van der Waals surface area contributed by atoms with Crippen LogP contribution in [0, 0.1) is 0 Å². The zero-order valence-corrected chi connectivity index (χ0v) is 6.92. The lowest BCUT2D eigenvalue weighted by atomic mass is 10.4. The quantitative estimate of drug-likeness (QED) is 0.646. The summed E-state index contributed by atoms with van der Waals surface area (Å²) in [5.74, 6) is 0.759. The Hall–Kier alpha value is -1.90. The number of carbonyl (C=O) groups excluding carboxylic acids is 1. The van der Waals surface area contributed by atoms with Crippen LogP contribution in [0.15, 0.2) is 42.7 Å². The maximum atomic E-state index is 10.6. The monoisotopic (exact) mass is 172 g/mol. The van der Waals surface area contributed by atoms with Crippen LogP contribution in [0.25, 0.3) is 5.82 Å². The Bertz CT molecular complexity index is 406. The molecular weight excluding hydrogens is 164 g/mol. The summed E-state index contributed by atoms with van der Waals surface area (Å²) >= 11 is 0. The van der Waals surface area contributed by atoms with Gasteiger partial charge in [0.2, 0.25) is 0 Å². The van der Waals surface area contributed by atoms with Crippen molar-refractivity contribution in [2.75, 3.05) is 0 Å². The Morgan fingerprint density at radius 1 is 1.23 bits per heavy atom. The van der Waals surface area contributed by atoms with Gasteiger partial charge in [0.25, 0.3) is 0 Å². The van der Waals surface area contributed by atoms with Crippen molar-refractivity contribution in [1.82, 2.24) is 9.55 Å². The van der Waals surface area contributed by atoms with E-state index in [9.17, 15) is 4.79 Å². The lowest BCUT2D eigenvalue weighted by molar-refractivity contribution is 0.111. The normalized spacial score (nSPS) is 9.85. The second-order valence-electron chi connectivity index (χ2n) is 2.61. The van der Waals surface area contributed by atoms with Crippen LogP contribution >= 0.6 is 0 Å². The van der Waals surface area contributed by atoms with Gasteiger partial charge in [0.15, 0.2) is 6.29 Å². The molecule has 3 heteroatoms. The predicted octanol–water partition coefficient (Wildman–Crippen LogP) is 1.68. The molecule has 0 radical (unpaired) electrons. The first-order valence-corrected chi connectivity index (χ1v) is 3.96. The second-order valence-corrected chi connectivity index (χ2v) is 2.61. The van der Waals surface area contributed by atoms with E-state index in [-0.39, 0.29) is 0 Å². The van der Waals surface area contributed by atoms with Gasteiger partial charge in [-0.2, -0.15) is 0 Å². The number of nitrogens with zero attached hydrogens (tertiary/aromatic N) is 2. The number of hydrogen-bond acceptors (Lipinski definition) is 2. The van der Waals surface area contributed by atoms with Crippen molar-refractivity contribution in [2.45, 2.75) is 0 Å². The fourth-order valence-corrected chi connectivity index (χ4v) is 1.20. The minimum Gasteiger partial charge on any atom is -0.299 e. The Morgan fingerprint density at radius 2 is 2.15 bits per heavy atom. The van der Waals surface area contributed by atoms with E-state index in [2.05, 4.69) is 4.98 Å². The zero-order chi connectivity index (χ0) is 9.10. The Kier molecular flexibility index (Phi) is 1.92. The molecule has 0 saturated heterocycles. The molecule has 13 heavy (non-hydrogen) atoms. The van der Waals surface area contributed by atoms with Gasteiger partial charge < -0.3 is 0 Å². The Labute approximate surface area is 75.7 Å². The molecule has 0 atom stereocenters. The molecule has 0 amide bonds. The molecular formula is C10H8N2O.